The topological polar surface area (TPSA) is 124 Å². The number of piperidine rings is 1. The fourth-order valence-corrected chi connectivity index (χ4v) is 4.17. The maximum Gasteiger partial charge on any atom is 0.271 e. The van der Waals surface area contributed by atoms with Crippen LogP contribution < -0.4 is 16.4 Å². The second kappa shape index (κ2) is 6.40. The number of rotatable bonds is 4. The van der Waals surface area contributed by atoms with Crippen LogP contribution in [0.4, 0.5) is 11.5 Å². The maximum absolute atomic E-state index is 12.0. The third kappa shape index (κ3) is 3.32. The van der Waals surface area contributed by atoms with Crippen LogP contribution in [0.1, 0.15) is 29.4 Å². The van der Waals surface area contributed by atoms with Gasteiger partial charge in [0.25, 0.3) is 5.91 Å². The molecular formula is C16H21N5O3S. The summed E-state index contributed by atoms with van der Waals surface area (Å²) in [6.07, 6.45) is 4.28. The van der Waals surface area contributed by atoms with Crippen LogP contribution in [0.5, 0.6) is 0 Å². The van der Waals surface area contributed by atoms with Crippen molar-refractivity contribution in [2.75, 3.05) is 30.0 Å². The third-order valence-corrected chi connectivity index (χ3v) is 5.67. The molecular weight excluding hydrogens is 342 g/mol. The van der Waals surface area contributed by atoms with Crippen molar-refractivity contribution in [1.82, 2.24) is 9.55 Å². The number of hydrogen-bond acceptors (Lipinski definition) is 6. The first kappa shape index (κ1) is 17.3. The van der Waals surface area contributed by atoms with Gasteiger partial charge in [0, 0.05) is 25.4 Å². The van der Waals surface area contributed by atoms with E-state index < -0.39 is 15.7 Å². The Morgan fingerprint density at radius 1 is 1.24 bits per heavy atom. The van der Waals surface area contributed by atoms with E-state index in [4.69, 9.17) is 11.5 Å². The van der Waals surface area contributed by atoms with Crippen LogP contribution in [0.2, 0.25) is 0 Å². The van der Waals surface area contributed by atoms with Gasteiger partial charge >= 0.3 is 0 Å². The van der Waals surface area contributed by atoms with Crippen LogP contribution >= 0.6 is 0 Å². The molecule has 1 fully saturated rings. The lowest BCUT2D eigenvalue weighted by molar-refractivity contribution is 0.0997. The summed E-state index contributed by atoms with van der Waals surface area (Å²) in [5.74, 6) is -0.363. The average Bonchev–Trinajstić information content (AvgIpc) is 2.96. The lowest BCUT2D eigenvalue weighted by atomic mass is 10.0. The van der Waals surface area contributed by atoms with Crippen molar-refractivity contribution in [2.45, 2.75) is 23.8 Å². The smallest absolute Gasteiger partial charge is 0.271 e. The number of carbonyl (C=O) groups excluding carboxylic acids is 1. The van der Waals surface area contributed by atoms with Crippen molar-refractivity contribution in [1.29, 1.82) is 0 Å². The number of nitrogen functional groups attached to an aromatic ring is 1. The molecule has 8 nitrogen and oxygen atoms in total. The number of benzene rings is 1. The number of nitrogens with two attached hydrogens (primary N) is 2. The van der Waals surface area contributed by atoms with Gasteiger partial charge in [-0.25, -0.2) is 13.4 Å². The monoisotopic (exact) mass is 363 g/mol. The Balaban J connectivity index is 1.78. The minimum atomic E-state index is -3.29. The molecule has 134 valence electrons. The highest BCUT2D eigenvalue weighted by molar-refractivity contribution is 7.90. The number of carbonyl (C=O) groups is 1. The highest BCUT2D eigenvalue weighted by Crippen LogP contribution is 2.32. The van der Waals surface area contributed by atoms with E-state index >= 15 is 0 Å². The number of para-hydroxylation sites is 1. The highest BCUT2D eigenvalue weighted by Gasteiger charge is 2.26. The number of amides is 1. The number of hydrogen-bond donors (Lipinski definition) is 2. The first-order chi connectivity index (χ1) is 11.8. The summed E-state index contributed by atoms with van der Waals surface area (Å²) in [7, 11) is -3.29. The number of nitrogens with zero attached hydrogens (tertiary/aromatic N) is 3. The average molecular weight is 363 g/mol. The largest absolute Gasteiger partial charge is 0.383 e. The molecule has 2 aromatic rings. The molecule has 1 saturated heterocycles. The van der Waals surface area contributed by atoms with Gasteiger partial charge in [-0.2, -0.15) is 0 Å². The molecule has 1 aliphatic heterocycles. The van der Waals surface area contributed by atoms with Crippen LogP contribution in [-0.4, -0.2) is 43.2 Å². The highest BCUT2D eigenvalue weighted by atomic mass is 32.2. The molecule has 25 heavy (non-hydrogen) atoms. The summed E-state index contributed by atoms with van der Waals surface area (Å²) < 4.78 is 25.8. The van der Waals surface area contributed by atoms with E-state index in [2.05, 4.69) is 9.88 Å². The van der Waals surface area contributed by atoms with Crippen LogP contribution in [0.15, 0.2) is 35.5 Å². The van der Waals surface area contributed by atoms with Gasteiger partial charge in [0.1, 0.15) is 5.82 Å². The molecule has 0 saturated carbocycles. The zero-order valence-corrected chi connectivity index (χ0v) is 14.7. The van der Waals surface area contributed by atoms with Gasteiger partial charge in [0.2, 0.25) is 0 Å². The molecule has 1 aliphatic rings. The van der Waals surface area contributed by atoms with E-state index in [1.165, 1.54) is 6.26 Å². The van der Waals surface area contributed by atoms with Gasteiger partial charge in [0.15, 0.2) is 15.5 Å². The second-order valence-corrected chi connectivity index (χ2v) is 8.19. The normalized spacial score (nSPS) is 16.1. The number of aromatic nitrogens is 2. The van der Waals surface area contributed by atoms with Crippen LogP contribution in [0.25, 0.3) is 0 Å². The number of imidazole rings is 1. The van der Waals surface area contributed by atoms with Crippen molar-refractivity contribution in [2.24, 2.45) is 5.73 Å². The Morgan fingerprint density at radius 3 is 2.44 bits per heavy atom. The summed E-state index contributed by atoms with van der Waals surface area (Å²) in [5, 5.41) is 0. The SMILES string of the molecule is CS(=O)(=O)c1ccccc1N1CCC(n2cnc(C(N)=O)c2N)CC1. The molecule has 0 unspecified atom stereocenters. The molecule has 9 heteroatoms. The maximum atomic E-state index is 12.0. The Hall–Kier alpha value is -2.55. The minimum absolute atomic E-state index is 0.0878. The lowest BCUT2D eigenvalue weighted by Crippen LogP contribution is -2.35. The molecule has 0 atom stereocenters. The van der Waals surface area contributed by atoms with E-state index in [9.17, 15) is 13.2 Å². The molecule has 0 spiro atoms. The Bertz CT molecular complexity index is 898. The van der Waals surface area contributed by atoms with Crippen molar-refractivity contribution >= 4 is 27.2 Å². The second-order valence-electron chi connectivity index (χ2n) is 6.21. The van der Waals surface area contributed by atoms with E-state index in [0.29, 0.717) is 18.0 Å². The Morgan fingerprint density at radius 2 is 1.88 bits per heavy atom. The van der Waals surface area contributed by atoms with Gasteiger partial charge < -0.3 is 20.9 Å². The predicted octanol–water partition coefficient (Wildman–Crippen LogP) is 0.809. The molecule has 3 rings (SSSR count). The van der Waals surface area contributed by atoms with Gasteiger partial charge in [0.05, 0.1) is 16.9 Å². The van der Waals surface area contributed by atoms with E-state index in [1.54, 1.807) is 23.0 Å². The first-order valence-corrected chi connectivity index (χ1v) is 9.84. The summed E-state index contributed by atoms with van der Waals surface area (Å²) in [6.45, 7) is 1.36. The summed E-state index contributed by atoms with van der Waals surface area (Å²) in [5.41, 5.74) is 12.0. The molecule has 1 amide bonds. The molecule has 1 aromatic heterocycles. The van der Waals surface area contributed by atoms with E-state index in [-0.39, 0.29) is 17.6 Å². The fourth-order valence-electron chi connectivity index (χ4n) is 3.27. The quantitative estimate of drug-likeness (QED) is 0.828. The van der Waals surface area contributed by atoms with Crippen molar-refractivity contribution < 1.29 is 13.2 Å². The molecule has 4 N–H and O–H groups in total. The number of anilines is 2. The summed E-state index contributed by atoms with van der Waals surface area (Å²) >= 11 is 0. The number of sulfone groups is 1. The minimum Gasteiger partial charge on any atom is -0.383 e. The zero-order valence-electron chi connectivity index (χ0n) is 13.9. The van der Waals surface area contributed by atoms with E-state index in [1.807, 2.05) is 12.1 Å². The fraction of sp³-hybridized carbons (Fsp3) is 0.375. The van der Waals surface area contributed by atoms with Gasteiger partial charge in [-0.05, 0) is 25.0 Å². The summed E-state index contributed by atoms with van der Waals surface area (Å²) in [6, 6.07) is 7.12. The molecule has 0 aliphatic carbocycles. The predicted molar refractivity (Wildman–Crippen MR) is 95.2 cm³/mol. The molecule has 2 heterocycles. The van der Waals surface area contributed by atoms with Crippen LogP contribution in [0.3, 0.4) is 0 Å². The third-order valence-electron chi connectivity index (χ3n) is 4.53. The first-order valence-electron chi connectivity index (χ1n) is 7.95. The lowest BCUT2D eigenvalue weighted by Gasteiger charge is -2.35. The van der Waals surface area contributed by atoms with Crippen LogP contribution in [-0.2, 0) is 9.84 Å². The summed E-state index contributed by atoms with van der Waals surface area (Å²) in [4.78, 5) is 17.7. The zero-order chi connectivity index (χ0) is 18.2. The van der Waals surface area contributed by atoms with Crippen molar-refractivity contribution in [3.05, 3.63) is 36.3 Å². The van der Waals surface area contributed by atoms with E-state index in [0.717, 1.165) is 18.5 Å². The number of primary amides is 1. The van der Waals surface area contributed by atoms with Gasteiger partial charge in [-0.1, -0.05) is 12.1 Å². The van der Waals surface area contributed by atoms with Crippen molar-refractivity contribution in [3.63, 3.8) is 0 Å². The van der Waals surface area contributed by atoms with Gasteiger partial charge in [-0.3, -0.25) is 4.79 Å². The molecule has 1 aromatic carbocycles. The van der Waals surface area contributed by atoms with Crippen molar-refractivity contribution in [3.8, 4) is 0 Å². The molecule has 0 radical (unpaired) electrons. The molecule has 0 bridgehead atoms. The van der Waals surface area contributed by atoms with Crippen LogP contribution in [0, 0.1) is 0 Å². The van der Waals surface area contributed by atoms with Gasteiger partial charge in [-0.15, -0.1) is 0 Å². The Kier molecular flexibility index (Phi) is 4.42. The standard InChI is InChI=1S/C16H21N5O3S/c1-25(23,24)13-5-3-2-4-12(13)20-8-6-11(7-9-20)21-10-19-14(15(21)17)16(18)22/h2-5,10-11H,6-9,17H2,1H3,(H2,18,22). The Labute approximate surface area is 146 Å².